The molecule has 0 radical (unpaired) electrons. The Hall–Kier alpha value is 0.0600. The molecule has 2 heterocycles. The second-order valence-electron chi connectivity index (χ2n) is 6.04. The number of ether oxygens (including phenoxy) is 3. The summed E-state index contributed by atoms with van der Waals surface area (Å²) in [6.07, 6.45) is 4.72. The minimum atomic E-state index is 0.282. The molecule has 0 unspecified atom stereocenters. The second kappa shape index (κ2) is 9.26. The van der Waals surface area contributed by atoms with Crippen molar-refractivity contribution in [3.8, 4) is 0 Å². The molecule has 0 amide bonds. The molecule has 0 saturated carbocycles. The van der Waals surface area contributed by atoms with Crippen molar-refractivity contribution in [2.45, 2.75) is 39.2 Å². The molecule has 0 atom stereocenters. The van der Waals surface area contributed by atoms with Gasteiger partial charge in [-0.2, -0.15) is 0 Å². The van der Waals surface area contributed by atoms with Gasteiger partial charge in [0.2, 0.25) is 0 Å². The lowest BCUT2D eigenvalue weighted by Gasteiger charge is -2.37. The minimum absolute atomic E-state index is 0.282. The molecule has 5 heteroatoms. The van der Waals surface area contributed by atoms with Crippen molar-refractivity contribution in [3.05, 3.63) is 20.8 Å². The van der Waals surface area contributed by atoms with Crippen LogP contribution in [0.3, 0.4) is 0 Å². The van der Waals surface area contributed by atoms with Gasteiger partial charge in [0, 0.05) is 24.2 Å². The maximum absolute atomic E-state index is 5.72. The lowest BCUT2D eigenvalue weighted by Crippen LogP contribution is -2.43. The fourth-order valence-corrected chi connectivity index (χ4v) is 3.42. The first kappa shape index (κ1) is 17.4. The number of unbranched alkanes of at least 4 members (excludes halogenated alkanes) is 3. The Morgan fingerprint density at radius 3 is 2.48 bits per heavy atom. The third-order valence-electron chi connectivity index (χ3n) is 3.63. The summed E-state index contributed by atoms with van der Waals surface area (Å²) in [5.74, 6) is 0. The van der Waals surface area contributed by atoms with E-state index in [1.165, 1.54) is 22.2 Å². The molecule has 0 spiro atoms. The standard InChI is InChI=1S/C16H25BrO3S/c1-16(12-20-13-16)11-19-8-5-3-2-4-7-18-10-14-6-9-21-15(14)17/h6,9H,2-5,7-8,10-13H2,1H3. The van der Waals surface area contributed by atoms with Crippen LogP contribution >= 0.6 is 27.3 Å². The average Bonchev–Trinajstić information content (AvgIpc) is 2.84. The SMILES string of the molecule is CC1(COCCCCCCOCc2ccsc2Br)COC1. The van der Waals surface area contributed by atoms with Crippen molar-refractivity contribution in [2.24, 2.45) is 5.41 Å². The van der Waals surface area contributed by atoms with E-state index in [0.29, 0.717) is 6.61 Å². The zero-order chi connectivity index (χ0) is 15.0. The van der Waals surface area contributed by atoms with E-state index in [1.54, 1.807) is 11.3 Å². The first-order valence-electron chi connectivity index (χ1n) is 7.65. The Kier molecular flexibility index (Phi) is 7.68. The van der Waals surface area contributed by atoms with Gasteiger partial charge in [-0.25, -0.2) is 0 Å². The molecule has 3 nitrogen and oxygen atoms in total. The molecular weight excluding hydrogens is 352 g/mol. The Labute approximate surface area is 140 Å². The van der Waals surface area contributed by atoms with Gasteiger partial charge in [-0.3, -0.25) is 0 Å². The summed E-state index contributed by atoms with van der Waals surface area (Å²) in [5, 5.41) is 2.08. The van der Waals surface area contributed by atoms with E-state index in [1.807, 2.05) is 0 Å². The maximum atomic E-state index is 5.72. The summed E-state index contributed by atoms with van der Waals surface area (Å²) < 4.78 is 17.8. The quantitative estimate of drug-likeness (QED) is 0.526. The van der Waals surface area contributed by atoms with Gasteiger partial charge in [-0.15, -0.1) is 11.3 Å². The Morgan fingerprint density at radius 1 is 1.19 bits per heavy atom. The highest BCUT2D eigenvalue weighted by atomic mass is 79.9. The Balaban J connectivity index is 1.35. The van der Waals surface area contributed by atoms with Gasteiger partial charge < -0.3 is 14.2 Å². The van der Waals surface area contributed by atoms with Crippen molar-refractivity contribution in [1.29, 1.82) is 0 Å². The van der Waals surface area contributed by atoms with Crippen LogP contribution in [-0.2, 0) is 20.8 Å². The van der Waals surface area contributed by atoms with Gasteiger partial charge >= 0.3 is 0 Å². The van der Waals surface area contributed by atoms with Crippen LogP contribution in [0.4, 0.5) is 0 Å². The van der Waals surface area contributed by atoms with Gasteiger partial charge in [-0.05, 0) is 40.2 Å². The number of thiophene rings is 1. The molecule has 0 aliphatic carbocycles. The Bertz CT molecular complexity index is 404. The van der Waals surface area contributed by atoms with Crippen LogP contribution in [-0.4, -0.2) is 33.0 Å². The number of halogens is 1. The van der Waals surface area contributed by atoms with Crippen LogP contribution in [0.1, 0.15) is 38.2 Å². The lowest BCUT2D eigenvalue weighted by molar-refractivity contribution is -0.137. The molecule has 1 saturated heterocycles. The topological polar surface area (TPSA) is 27.7 Å². The summed E-state index contributed by atoms with van der Waals surface area (Å²) in [6.45, 7) is 7.20. The molecule has 21 heavy (non-hydrogen) atoms. The molecule has 1 aliphatic heterocycles. The molecule has 0 aromatic carbocycles. The Morgan fingerprint density at radius 2 is 1.90 bits per heavy atom. The van der Waals surface area contributed by atoms with E-state index in [2.05, 4.69) is 34.3 Å². The molecule has 1 aromatic rings. The normalized spacial score (nSPS) is 16.9. The predicted octanol–water partition coefficient (Wildman–Crippen LogP) is 4.64. The first-order chi connectivity index (χ1) is 10.2. The average molecular weight is 377 g/mol. The van der Waals surface area contributed by atoms with E-state index >= 15 is 0 Å². The zero-order valence-corrected chi connectivity index (χ0v) is 15.1. The van der Waals surface area contributed by atoms with Gasteiger partial charge in [0.25, 0.3) is 0 Å². The van der Waals surface area contributed by atoms with Crippen LogP contribution in [0.5, 0.6) is 0 Å². The molecule has 1 aromatic heterocycles. The van der Waals surface area contributed by atoms with E-state index in [4.69, 9.17) is 14.2 Å². The van der Waals surface area contributed by atoms with E-state index in [9.17, 15) is 0 Å². The van der Waals surface area contributed by atoms with Crippen molar-refractivity contribution < 1.29 is 14.2 Å². The molecule has 0 bridgehead atoms. The van der Waals surface area contributed by atoms with Crippen molar-refractivity contribution in [2.75, 3.05) is 33.0 Å². The minimum Gasteiger partial charge on any atom is -0.381 e. The van der Waals surface area contributed by atoms with Crippen LogP contribution in [0.2, 0.25) is 0 Å². The smallest absolute Gasteiger partial charge is 0.0753 e. The number of hydrogen-bond donors (Lipinski definition) is 0. The van der Waals surface area contributed by atoms with Gasteiger partial charge in [0.1, 0.15) is 0 Å². The van der Waals surface area contributed by atoms with E-state index < -0.39 is 0 Å². The molecule has 1 fully saturated rings. The molecule has 1 aliphatic rings. The van der Waals surface area contributed by atoms with Crippen LogP contribution in [0.15, 0.2) is 15.2 Å². The lowest BCUT2D eigenvalue weighted by atomic mass is 9.90. The maximum Gasteiger partial charge on any atom is 0.0753 e. The molecule has 0 N–H and O–H groups in total. The molecular formula is C16H25BrO3S. The molecule has 120 valence electrons. The first-order valence-corrected chi connectivity index (χ1v) is 9.32. The highest BCUT2D eigenvalue weighted by Gasteiger charge is 2.33. The highest BCUT2D eigenvalue weighted by molar-refractivity contribution is 9.11. The van der Waals surface area contributed by atoms with Crippen molar-refractivity contribution in [1.82, 2.24) is 0 Å². The van der Waals surface area contributed by atoms with Crippen LogP contribution in [0, 0.1) is 5.41 Å². The van der Waals surface area contributed by atoms with Crippen LogP contribution in [0.25, 0.3) is 0 Å². The van der Waals surface area contributed by atoms with E-state index in [0.717, 1.165) is 45.9 Å². The summed E-state index contributed by atoms with van der Waals surface area (Å²) in [6, 6.07) is 2.11. The fraction of sp³-hybridized carbons (Fsp3) is 0.750. The van der Waals surface area contributed by atoms with Crippen molar-refractivity contribution in [3.63, 3.8) is 0 Å². The zero-order valence-electron chi connectivity index (χ0n) is 12.7. The third kappa shape index (κ3) is 6.37. The summed E-state index contributed by atoms with van der Waals surface area (Å²) in [7, 11) is 0. The van der Waals surface area contributed by atoms with Gasteiger partial charge in [0.05, 0.1) is 30.2 Å². The monoisotopic (exact) mass is 376 g/mol. The summed E-state index contributed by atoms with van der Waals surface area (Å²) >= 11 is 5.23. The van der Waals surface area contributed by atoms with Crippen LogP contribution < -0.4 is 0 Å². The van der Waals surface area contributed by atoms with Crippen molar-refractivity contribution >= 4 is 27.3 Å². The third-order valence-corrected chi connectivity index (χ3v) is 5.44. The predicted molar refractivity (Wildman–Crippen MR) is 89.9 cm³/mol. The number of rotatable bonds is 11. The highest BCUT2D eigenvalue weighted by Crippen LogP contribution is 2.26. The van der Waals surface area contributed by atoms with Gasteiger partial charge in [-0.1, -0.05) is 19.8 Å². The fourth-order valence-electron chi connectivity index (χ4n) is 2.22. The summed E-state index contributed by atoms with van der Waals surface area (Å²) in [5.41, 5.74) is 1.53. The van der Waals surface area contributed by atoms with E-state index in [-0.39, 0.29) is 5.41 Å². The molecule has 2 rings (SSSR count). The number of hydrogen-bond acceptors (Lipinski definition) is 4. The summed E-state index contributed by atoms with van der Waals surface area (Å²) in [4.78, 5) is 0. The second-order valence-corrected chi connectivity index (χ2v) is 8.28. The largest absolute Gasteiger partial charge is 0.381 e. The van der Waals surface area contributed by atoms with Gasteiger partial charge in [0.15, 0.2) is 0 Å².